The van der Waals surface area contributed by atoms with Gasteiger partial charge in [-0.15, -0.1) is 11.3 Å². The van der Waals surface area contributed by atoms with Crippen molar-refractivity contribution in [3.05, 3.63) is 70.7 Å². The fraction of sp³-hybridized carbons (Fsp3) is 0.370. The molecule has 0 spiro atoms. The second kappa shape index (κ2) is 10.5. The number of nitrogens with zero attached hydrogens (tertiary/aromatic N) is 2. The Morgan fingerprint density at radius 1 is 1.11 bits per heavy atom. The Morgan fingerprint density at radius 3 is 2.19 bits per heavy atom. The molecule has 7 nitrogen and oxygen atoms in total. The van der Waals surface area contributed by atoms with Crippen molar-refractivity contribution < 1.29 is 13.2 Å². The number of hydrogen-bond acceptors (Lipinski definition) is 7. The molecule has 1 aliphatic rings. The number of nitrogens with one attached hydrogen (secondary N) is 2. The maximum absolute atomic E-state index is 13.2. The van der Waals surface area contributed by atoms with E-state index in [-0.39, 0.29) is 22.8 Å². The first-order valence-corrected chi connectivity index (χ1v) is 14.7. The van der Waals surface area contributed by atoms with Crippen LogP contribution in [0.1, 0.15) is 49.7 Å². The molecule has 2 aromatic carbocycles. The third kappa shape index (κ3) is 6.19. The zero-order valence-corrected chi connectivity index (χ0v) is 22.2. The van der Waals surface area contributed by atoms with E-state index in [1.165, 1.54) is 17.6 Å². The third-order valence-electron chi connectivity index (χ3n) is 6.28. The number of hydrogen-bond donors (Lipinski definition) is 2. The highest BCUT2D eigenvalue weighted by Gasteiger charge is 2.45. The van der Waals surface area contributed by atoms with Crippen LogP contribution >= 0.6 is 11.3 Å². The molecule has 2 N–H and O–H groups in total. The van der Waals surface area contributed by atoms with Crippen LogP contribution in [0.4, 0.5) is 0 Å². The summed E-state index contributed by atoms with van der Waals surface area (Å²) in [6.45, 7) is 4.14. The van der Waals surface area contributed by atoms with Gasteiger partial charge >= 0.3 is 0 Å². The molecular weight excluding hydrogens is 492 g/mol. The molecule has 0 radical (unpaired) electrons. The minimum Gasteiger partial charge on any atom is -0.336 e. The van der Waals surface area contributed by atoms with E-state index in [1.807, 2.05) is 29.6 Å². The SMILES string of the molecule is CC(C)C[C@H](NC(c1ccc(-c2ccc(S(C)(=O)=O)cc2)cc1)c1nccs1)C(=O)NC1(C#N)CC1. The largest absolute Gasteiger partial charge is 0.336 e. The van der Waals surface area contributed by atoms with Crippen molar-refractivity contribution in [2.24, 2.45) is 5.92 Å². The van der Waals surface area contributed by atoms with Gasteiger partial charge in [-0.25, -0.2) is 13.4 Å². The number of amides is 1. The highest BCUT2D eigenvalue weighted by atomic mass is 32.2. The third-order valence-corrected chi connectivity index (χ3v) is 8.25. The molecule has 0 bridgehead atoms. The highest BCUT2D eigenvalue weighted by Crippen LogP contribution is 2.35. The summed E-state index contributed by atoms with van der Waals surface area (Å²) in [4.78, 5) is 18.0. The van der Waals surface area contributed by atoms with Crippen LogP contribution in [0.15, 0.2) is 65.0 Å². The topological polar surface area (TPSA) is 112 Å². The molecule has 0 aliphatic heterocycles. The van der Waals surface area contributed by atoms with Gasteiger partial charge in [-0.2, -0.15) is 5.26 Å². The standard InChI is InChI=1S/C27H30N4O3S2/c1-18(2)16-23(25(32)31-27(17-28)12-13-27)30-24(26-29-14-15-35-26)21-6-4-19(5-7-21)20-8-10-22(11-9-20)36(3,33)34/h4-11,14-15,18,23-24,30H,12-13,16H2,1-3H3,(H,31,32)/t23-,24?/m0/s1. The summed E-state index contributed by atoms with van der Waals surface area (Å²) in [7, 11) is -3.25. The van der Waals surface area contributed by atoms with E-state index in [2.05, 4.69) is 35.5 Å². The van der Waals surface area contributed by atoms with Crippen LogP contribution < -0.4 is 10.6 Å². The van der Waals surface area contributed by atoms with E-state index in [0.29, 0.717) is 19.3 Å². The molecule has 2 atom stereocenters. The van der Waals surface area contributed by atoms with E-state index < -0.39 is 21.4 Å². The summed E-state index contributed by atoms with van der Waals surface area (Å²) in [5.74, 6) is 0.117. The molecule has 188 valence electrons. The van der Waals surface area contributed by atoms with Gasteiger partial charge in [-0.05, 0) is 54.0 Å². The number of sulfone groups is 1. The van der Waals surface area contributed by atoms with Gasteiger partial charge in [-0.3, -0.25) is 10.1 Å². The molecule has 9 heteroatoms. The van der Waals surface area contributed by atoms with Crippen LogP contribution in [-0.2, 0) is 14.6 Å². The molecule has 3 aromatic rings. The Kier molecular flexibility index (Phi) is 7.59. The second-order valence-corrected chi connectivity index (χ2v) is 12.7. The summed E-state index contributed by atoms with van der Waals surface area (Å²) >= 11 is 1.52. The molecule has 1 unspecified atom stereocenters. The summed E-state index contributed by atoms with van der Waals surface area (Å²) in [5, 5.41) is 18.7. The molecule has 1 fully saturated rings. The normalized spacial score (nSPS) is 16.2. The van der Waals surface area contributed by atoms with Crippen molar-refractivity contribution in [3.63, 3.8) is 0 Å². The van der Waals surface area contributed by atoms with Crippen molar-refractivity contribution in [1.82, 2.24) is 15.6 Å². The first-order valence-electron chi connectivity index (χ1n) is 11.9. The summed E-state index contributed by atoms with van der Waals surface area (Å²) in [6, 6.07) is 16.3. The van der Waals surface area contributed by atoms with Crippen molar-refractivity contribution in [1.29, 1.82) is 5.26 Å². The van der Waals surface area contributed by atoms with Gasteiger partial charge in [0.1, 0.15) is 10.5 Å². The Morgan fingerprint density at radius 2 is 1.72 bits per heavy atom. The van der Waals surface area contributed by atoms with Gasteiger partial charge in [0, 0.05) is 17.8 Å². The van der Waals surface area contributed by atoms with Crippen LogP contribution in [0, 0.1) is 17.2 Å². The van der Waals surface area contributed by atoms with Gasteiger partial charge in [0.2, 0.25) is 5.91 Å². The minimum absolute atomic E-state index is 0.160. The molecule has 0 saturated heterocycles. The van der Waals surface area contributed by atoms with Crippen molar-refractivity contribution >= 4 is 27.1 Å². The maximum atomic E-state index is 13.2. The van der Waals surface area contributed by atoms with Crippen LogP contribution in [0.3, 0.4) is 0 Å². The number of carbonyl (C=O) groups excluding carboxylic acids is 1. The predicted molar refractivity (Wildman–Crippen MR) is 141 cm³/mol. The summed E-state index contributed by atoms with van der Waals surface area (Å²) < 4.78 is 23.5. The predicted octanol–water partition coefficient (Wildman–Crippen LogP) is 4.48. The first kappa shape index (κ1) is 26.0. The van der Waals surface area contributed by atoms with Crippen LogP contribution in [0.25, 0.3) is 11.1 Å². The summed E-state index contributed by atoms with van der Waals surface area (Å²) in [6.07, 6.45) is 4.94. The smallest absolute Gasteiger partial charge is 0.238 e. The second-order valence-electron chi connectivity index (χ2n) is 9.75. The molecule has 1 amide bonds. The van der Waals surface area contributed by atoms with E-state index in [9.17, 15) is 18.5 Å². The number of aromatic nitrogens is 1. The first-order chi connectivity index (χ1) is 17.1. The van der Waals surface area contributed by atoms with Crippen molar-refractivity contribution in [3.8, 4) is 17.2 Å². The van der Waals surface area contributed by atoms with Gasteiger partial charge < -0.3 is 5.32 Å². The summed E-state index contributed by atoms with van der Waals surface area (Å²) in [5.41, 5.74) is 2.11. The quantitative estimate of drug-likeness (QED) is 0.406. The molecular formula is C27H30N4O3S2. The fourth-order valence-electron chi connectivity index (χ4n) is 4.09. The Hall–Kier alpha value is -3.06. The number of carbonyl (C=O) groups is 1. The van der Waals surface area contributed by atoms with E-state index in [0.717, 1.165) is 21.7 Å². The molecule has 1 saturated carbocycles. The Labute approximate surface area is 216 Å². The number of thiazole rings is 1. The Balaban J connectivity index is 1.59. The monoisotopic (exact) mass is 522 g/mol. The van der Waals surface area contributed by atoms with Gasteiger partial charge in [0.15, 0.2) is 9.84 Å². The molecule has 36 heavy (non-hydrogen) atoms. The number of nitriles is 1. The zero-order valence-electron chi connectivity index (χ0n) is 20.6. The minimum atomic E-state index is -3.25. The molecule has 1 heterocycles. The highest BCUT2D eigenvalue weighted by molar-refractivity contribution is 7.90. The Bertz CT molecular complexity index is 1340. The van der Waals surface area contributed by atoms with Crippen LogP contribution in [0.2, 0.25) is 0 Å². The van der Waals surface area contributed by atoms with E-state index in [1.54, 1.807) is 30.5 Å². The number of rotatable bonds is 10. The van der Waals surface area contributed by atoms with Crippen molar-refractivity contribution in [2.45, 2.75) is 55.6 Å². The zero-order chi connectivity index (χ0) is 25.9. The van der Waals surface area contributed by atoms with Gasteiger partial charge in [-0.1, -0.05) is 50.2 Å². The average Bonchev–Trinajstić information content (AvgIpc) is 3.41. The lowest BCUT2D eigenvalue weighted by Crippen LogP contribution is -2.50. The van der Waals surface area contributed by atoms with Crippen molar-refractivity contribution in [2.75, 3.05) is 6.26 Å². The molecule has 1 aliphatic carbocycles. The maximum Gasteiger partial charge on any atom is 0.238 e. The molecule has 1 aromatic heterocycles. The lowest BCUT2D eigenvalue weighted by Gasteiger charge is -2.26. The van der Waals surface area contributed by atoms with Crippen LogP contribution in [0.5, 0.6) is 0 Å². The van der Waals surface area contributed by atoms with Gasteiger partial charge in [0.25, 0.3) is 0 Å². The number of benzene rings is 2. The fourth-order valence-corrected chi connectivity index (χ4v) is 5.44. The average molecular weight is 523 g/mol. The lowest BCUT2D eigenvalue weighted by atomic mass is 9.98. The van der Waals surface area contributed by atoms with Crippen LogP contribution in [-0.4, -0.2) is 37.1 Å². The van der Waals surface area contributed by atoms with E-state index in [4.69, 9.17) is 0 Å². The van der Waals surface area contributed by atoms with Gasteiger partial charge in [0.05, 0.1) is 23.0 Å². The van der Waals surface area contributed by atoms with E-state index >= 15 is 0 Å². The molecule has 4 rings (SSSR count). The lowest BCUT2D eigenvalue weighted by molar-refractivity contribution is -0.124.